The van der Waals surface area contributed by atoms with E-state index in [-0.39, 0.29) is 31.3 Å². The molecular formula is C39H38IrN7O-5. The van der Waals surface area contributed by atoms with Crippen molar-refractivity contribution in [3.8, 4) is 11.8 Å². The Hall–Kier alpha value is -4.90. The standard InChI is InChI=1S/C24H24N2O.C15H14N5.Ir/c1-17-9-12-19(13-10-17)25-16-26(21-8-6-5-7-20(21)25)22-15-18(24(2,3)4)11-14-23(22)27;1-17-3-5-19(11-17)14-7-13(10-16)8-15(9-14)20-6-4-18(2)12-20;/h5-12,14-16,27H,1-4H3;3-8,11-12H,1-2H3;/q-2;-3;. The Morgan fingerprint density at radius 3 is 1.83 bits per heavy atom. The second-order valence-corrected chi connectivity index (χ2v) is 12.8. The minimum absolute atomic E-state index is 0. The normalized spacial score (nSPS) is 14.9. The number of fused-ring (bicyclic) bond motifs is 1. The molecular weight excluding hydrogens is 775 g/mol. The number of aryl methyl sites for hydroxylation is 1. The van der Waals surface area contributed by atoms with Gasteiger partial charge < -0.3 is 34.5 Å². The van der Waals surface area contributed by atoms with Gasteiger partial charge >= 0.3 is 0 Å². The van der Waals surface area contributed by atoms with Crippen LogP contribution in [-0.2, 0) is 25.5 Å². The average molecular weight is 813 g/mol. The van der Waals surface area contributed by atoms with Gasteiger partial charge in [0.2, 0.25) is 0 Å². The fraction of sp³-hybridized carbons (Fsp3) is 0.179. The first-order valence-corrected chi connectivity index (χ1v) is 15.4. The van der Waals surface area contributed by atoms with Crippen molar-refractivity contribution in [1.29, 1.82) is 5.26 Å². The molecule has 0 saturated carbocycles. The molecule has 249 valence electrons. The van der Waals surface area contributed by atoms with Gasteiger partial charge in [0.1, 0.15) is 5.75 Å². The fourth-order valence-corrected chi connectivity index (χ4v) is 5.39. The van der Waals surface area contributed by atoms with Gasteiger partial charge in [0.25, 0.3) is 0 Å². The summed E-state index contributed by atoms with van der Waals surface area (Å²) in [4.78, 5) is 11.9. The van der Waals surface area contributed by atoms with Gasteiger partial charge in [0.05, 0.1) is 11.8 Å². The predicted molar refractivity (Wildman–Crippen MR) is 189 cm³/mol. The van der Waals surface area contributed by atoms with Crippen LogP contribution in [0.25, 0.3) is 0 Å². The molecule has 0 aromatic heterocycles. The Bertz CT molecular complexity index is 1810. The fourth-order valence-electron chi connectivity index (χ4n) is 5.39. The molecule has 3 heterocycles. The van der Waals surface area contributed by atoms with Crippen molar-refractivity contribution >= 4 is 34.1 Å². The molecule has 3 aliphatic heterocycles. The topological polar surface area (TPSA) is 63.5 Å². The first-order valence-electron chi connectivity index (χ1n) is 15.4. The molecule has 0 bridgehead atoms. The zero-order chi connectivity index (χ0) is 33.3. The summed E-state index contributed by atoms with van der Waals surface area (Å²) >= 11 is 0. The van der Waals surface area contributed by atoms with Crippen LogP contribution in [0.2, 0.25) is 0 Å². The molecule has 4 aromatic carbocycles. The molecule has 1 N–H and O–H groups in total. The number of phenols is 1. The Morgan fingerprint density at radius 2 is 1.33 bits per heavy atom. The second-order valence-electron chi connectivity index (χ2n) is 12.8. The van der Waals surface area contributed by atoms with Crippen molar-refractivity contribution in [1.82, 2.24) is 9.80 Å². The SMILES string of the molecule is CN1C=CN(c2[c-]c(N3C=CN(C)[CH-]3)cc(C#N)c2)[CH-]1.Cc1c[c-]c(N2[CH-]N(c3cc(C(C)(C)C)ccc3O)c3ccccc32)cc1.[Ir]. The maximum atomic E-state index is 10.6. The molecule has 0 saturated heterocycles. The van der Waals surface area contributed by atoms with E-state index in [1.807, 2.05) is 120 Å². The van der Waals surface area contributed by atoms with Crippen molar-refractivity contribution in [3.05, 3.63) is 146 Å². The van der Waals surface area contributed by atoms with Crippen molar-refractivity contribution in [2.75, 3.05) is 33.7 Å². The number of nitrogens with zero attached hydrogens (tertiary/aromatic N) is 7. The number of hydrogen-bond donors (Lipinski definition) is 1. The molecule has 4 aromatic rings. The maximum Gasteiger partial charge on any atom is 0.136 e. The first-order chi connectivity index (χ1) is 22.5. The van der Waals surface area contributed by atoms with Gasteiger partial charge in [0.15, 0.2) is 0 Å². The summed E-state index contributed by atoms with van der Waals surface area (Å²) in [6.45, 7) is 14.5. The number of rotatable bonds is 4. The molecule has 0 amide bonds. The Kier molecular flexibility index (Phi) is 10.1. The monoisotopic (exact) mass is 813 g/mol. The van der Waals surface area contributed by atoms with Crippen molar-refractivity contribution in [2.24, 2.45) is 0 Å². The number of benzene rings is 4. The molecule has 0 unspecified atom stereocenters. The van der Waals surface area contributed by atoms with Crippen LogP contribution < -0.4 is 19.6 Å². The third-order valence-electron chi connectivity index (χ3n) is 8.01. The minimum Gasteiger partial charge on any atom is -0.510 e. The van der Waals surface area contributed by atoms with E-state index < -0.39 is 0 Å². The van der Waals surface area contributed by atoms with E-state index in [4.69, 9.17) is 0 Å². The van der Waals surface area contributed by atoms with Crippen LogP contribution in [0.15, 0.2) is 97.6 Å². The summed E-state index contributed by atoms with van der Waals surface area (Å²) in [5.74, 6) is 0.267. The van der Waals surface area contributed by atoms with Gasteiger partial charge in [-0.2, -0.15) is 42.4 Å². The van der Waals surface area contributed by atoms with E-state index in [9.17, 15) is 10.4 Å². The van der Waals surface area contributed by atoms with E-state index in [0.717, 1.165) is 34.1 Å². The van der Waals surface area contributed by atoms with E-state index in [0.29, 0.717) is 5.56 Å². The molecule has 0 aliphatic carbocycles. The summed E-state index contributed by atoms with van der Waals surface area (Å²) in [5.41, 5.74) is 8.53. The molecule has 0 spiro atoms. The van der Waals surface area contributed by atoms with E-state index in [1.54, 1.807) is 6.07 Å². The summed E-state index contributed by atoms with van der Waals surface area (Å²) in [6.07, 6.45) is 7.77. The smallest absolute Gasteiger partial charge is 0.136 e. The van der Waals surface area contributed by atoms with Gasteiger partial charge in [-0.3, -0.25) is 0 Å². The maximum absolute atomic E-state index is 10.6. The molecule has 0 fully saturated rings. The molecule has 9 heteroatoms. The molecule has 8 nitrogen and oxygen atoms in total. The van der Waals surface area contributed by atoms with Crippen LogP contribution in [0.4, 0.5) is 34.1 Å². The van der Waals surface area contributed by atoms with Crippen LogP contribution in [-0.4, -0.2) is 29.0 Å². The quantitative estimate of drug-likeness (QED) is 0.207. The van der Waals surface area contributed by atoms with Gasteiger partial charge in [0, 0.05) is 31.5 Å². The van der Waals surface area contributed by atoms with Gasteiger partial charge in [-0.05, 0) is 74.1 Å². The zero-order valence-corrected chi connectivity index (χ0v) is 30.3. The van der Waals surface area contributed by atoms with E-state index in [1.165, 1.54) is 11.1 Å². The Balaban J connectivity index is 0.000000192. The first kappa shape index (κ1) is 34.4. The summed E-state index contributed by atoms with van der Waals surface area (Å²) in [5, 5.41) is 19.8. The Morgan fingerprint density at radius 1 is 0.729 bits per heavy atom. The predicted octanol–water partition coefficient (Wildman–Crippen LogP) is 8.25. The van der Waals surface area contributed by atoms with Crippen molar-refractivity contribution in [3.63, 3.8) is 0 Å². The van der Waals surface area contributed by atoms with Crippen LogP contribution in [0, 0.1) is 50.4 Å². The largest absolute Gasteiger partial charge is 0.510 e. The average Bonchev–Trinajstić information content (AvgIpc) is 3.80. The summed E-state index contributed by atoms with van der Waals surface area (Å²) in [7, 11) is 3.91. The van der Waals surface area contributed by atoms with Gasteiger partial charge in [-0.15, -0.1) is 48.0 Å². The molecule has 1 radical (unpaired) electrons. The van der Waals surface area contributed by atoms with Crippen molar-refractivity contribution in [2.45, 2.75) is 33.1 Å². The van der Waals surface area contributed by atoms with E-state index >= 15 is 0 Å². The van der Waals surface area contributed by atoms with Crippen LogP contribution in [0.5, 0.6) is 5.75 Å². The minimum atomic E-state index is 0. The number of para-hydroxylation sites is 2. The molecule has 0 atom stereocenters. The number of aromatic hydroxyl groups is 1. The number of anilines is 6. The zero-order valence-electron chi connectivity index (χ0n) is 27.9. The van der Waals surface area contributed by atoms with Crippen LogP contribution >= 0.6 is 0 Å². The number of hydrogen-bond acceptors (Lipinski definition) is 8. The molecule has 48 heavy (non-hydrogen) atoms. The van der Waals surface area contributed by atoms with Crippen LogP contribution in [0.3, 0.4) is 0 Å². The third kappa shape index (κ3) is 7.31. The third-order valence-corrected chi connectivity index (χ3v) is 8.01. The van der Waals surface area contributed by atoms with Gasteiger partial charge in [-0.25, -0.2) is 0 Å². The van der Waals surface area contributed by atoms with Gasteiger partial charge in [-0.1, -0.05) is 51.5 Å². The van der Waals surface area contributed by atoms with Crippen molar-refractivity contribution < 1.29 is 25.2 Å². The second kappa shape index (κ2) is 14.1. The number of nitriles is 1. The number of phenolic OH excluding ortho intramolecular Hbond substituents is 1. The summed E-state index contributed by atoms with van der Waals surface area (Å²) in [6, 6.07) is 32.7. The van der Waals surface area contributed by atoms with E-state index in [2.05, 4.69) is 81.1 Å². The summed E-state index contributed by atoms with van der Waals surface area (Å²) < 4.78 is 0. The Labute approximate surface area is 298 Å². The van der Waals surface area contributed by atoms with Crippen LogP contribution in [0.1, 0.15) is 37.5 Å². The molecule has 3 aliphatic rings. The molecule has 7 rings (SSSR count).